The summed E-state index contributed by atoms with van der Waals surface area (Å²) in [7, 11) is -3.19. The van der Waals surface area contributed by atoms with Crippen molar-refractivity contribution in [2.24, 2.45) is 5.41 Å². The van der Waals surface area contributed by atoms with E-state index in [1.54, 1.807) is 6.08 Å². The van der Waals surface area contributed by atoms with Gasteiger partial charge in [0, 0.05) is 5.41 Å². The third-order valence-electron chi connectivity index (χ3n) is 3.13. The lowest BCUT2D eigenvalue weighted by molar-refractivity contribution is 0.574. The maximum atomic E-state index is 11.9. The Morgan fingerprint density at radius 2 is 2.07 bits per heavy atom. The third kappa shape index (κ3) is 1.01. The van der Waals surface area contributed by atoms with Crippen molar-refractivity contribution in [3.63, 3.8) is 0 Å². The summed E-state index contributed by atoms with van der Waals surface area (Å²) in [5, 5.41) is 1.39. The van der Waals surface area contributed by atoms with Crippen LogP contribution in [0, 0.1) is 5.41 Å². The Hall–Kier alpha value is -1.35. The maximum Gasteiger partial charge on any atom is 0.197 e. The van der Waals surface area contributed by atoms with Gasteiger partial charge < -0.3 is 0 Å². The van der Waals surface area contributed by atoms with Crippen molar-refractivity contribution in [3.05, 3.63) is 58.4 Å². The van der Waals surface area contributed by atoms with Gasteiger partial charge in [0.1, 0.15) is 0 Å². The van der Waals surface area contributed by atoms with Gasteiger partial charge in [-0.1, -0.05) is 36.5 Å². The molecule has 76 valence electrons. The van der Waals surface area contributed by atoms with Crippen molar-refractivity contribution in [1.29, 1.82) is 0 Å². The summed E-state index contributed by atoms with van der Waals surface area (Å²) >= 11 is 0. The van der Waals surface area contributed by atoms with E-state index in [1.165, 1.54) is 5.41 Å². The van der Waals surface area contributed by atoms with E-state index in [-0.39, 0.29) is 0 Å². The van der Waals surface area contributed by atoms with Crippen LogP contribution in [0.25, 0.3) is 0 Å². The Kier molecular flexibility index (Phi) is 1.55. The molecule has 3 heteroatoms. The Balaban J connectivity index is 2.34. The molecule has 0 fully saturated rings. The van der Waals surface area contributed by atoms with Crippen LogP contribution in [0.5, 0.6) is 0 Å². The van der Waals surface area contributed by atoms with Gasteiger partial charge in [-0.2, -0.15) is 0 Å². The Labute approximate surface area is 88.9 Å². The summed E-state index contributed by atoms with van der Waals surface area (Å²) in [6.07, 6.45) is 14.0. The zero-order valence-electron chi connectivity index (χ0n) is 8.05. The van der Waals surface area contributed by atoms with Crippen molar-refractivity contribution in [3.8, 4) is 0 Å². The molecule has 0 aromatic rings. The van der Waals surface area contributed by atoms with Crippen LogP contribution in [0.15, 0.2) is 58.4 Å². The molecule has 0 N–H and O–H groups in total. The molecule has 0 saturated carbocycles. The van der Waals surface area contributed by atoms with Crippen LogP contribution >= 0.6 is 0 Å². The molecule has 0 radical (unpaired) electrons. The molecule has 0 bridgehead atoms. The first-order valence-corrected chi connectivity index (χ1v) is 6.40. The zero-order valence-corrected chi connectivity index (χ0v) is 8.87. The molecule has 1 spiro atoms. The highest BCUT2D eigenvalue weighted by molar-refractivity contribution is 7.98. The minimum Gasteiger partial charge on any atom is -0.219 e. The number of sulfone groups is 1. The number of allylic oxidation sites excluding steroid dienone is 9. The average Bonchev–Trinajstić information content (AvgIpc) is 2.46. The monoisotopic (exact) mass is 218 g/mol. The first kappa shape index (κ1) is 8.92. The SMILES string of the molecule is O=S1(=O)C=C2C=CC=CC23CC=CC=C31. The van der Waals surface area contributed by atoms with E-state index in [0.29, 0.717) is 4.91 Å². The fourth-order valence-corrected chi connectivity index (χ4v) is 4.21. The lowest BCUT2D eigenvalue weighted by Gasteiger charge is -2.30. The molecule has 0 saturated heterocycles. The molecule has 0 aromatic heterocycles. The van der Waals surface area contributed by atoms with Crippen LogP contribution in [0.4, 0.5) is 0 Å². The lowest BCUT2D eigenvalue weighted by atomic mass is 9.73. The Morgan fingerprint density at radius 1 is 1.20 bits per heavy atom. The second-order valence-corrected chi connectivity index (χ2v) is 5.74. The topological polar surface area (TPSA) is 34.1 Å². The van der Waals surface area contributed by atoms with E-state index in [0.717, 1.165) is 12.0 Å². The molecule has 1 aliphatic heterocycles. The first-order chi connectivity index (χ1) is 7.15. The summed E-state index contributed by atoms with van der Waals surface area (Å²) in [6.45, 7) is 0. The van der Waals surface area contributed by atoms with Gasteiger partial charge in [-0.05, 0) is 18.1 Å². The molecule has 3 aliphatic rings. The van der Waals surface area contributed by atoms with Crippen LogP contribution in [-0.2, 0) is 9.84 Å². The maximum absolute atomic E-state index is 11.9. The fourth-order valence-electron chi connectivity index (χ4n) is 2.42. The number of hydrogen-bond donors (Lipinski definition) is 0. The Bertz CT molecular complexity index is 571. The molecule has 3 rings (SSSR count). The molecular formula is C12H10O2S. The van der Waals surface area contributed by atoms with Gasteiger partial charge in [0.15, 0.2) is 9.84 Å². The van der Waals surface area contributed by atoms with E-state index in [9.17, 15) is 8.42 Å². The molecule has 0 aromatic carbocycles. The van der Waals surface area contributed by atoms with E-state index in [2.05, 4.69) is 0 Å². The van der Waals surface area contributed by atoms with Gasteiger partial charge >= 0.3 is 0 Å². The standard InChI is InChI=1S/C12H10O2S/c13-15(14)9-10-5-1-3-7-12(10)8-4-2-6-11(12)15/h1-7,9H,8H2. The van der Waals surface area contributed by atoms with Crippen LogP contribution in [0.3, 0.4) is 0 Å². The van der Waals surface area contributed by atoms with E-state index in [1.807, 2.05) is 36.5 Å². The molecule has 15 heavy (non-hydrogen) atoms. The van der Waals surface area contributed by atoms with Gasteiger partial charge in [0.2, 0.25) is 0 Å². The summed E-state index contributed by atoms with van der Waals surface area (Å²) in [6, 6.07) is 0. The zero-order chi connectivity index (χ0) is 10.5. The first-order valence-electron chi connectivity index (χ1n) is 4.86. The Morgan fingerprint density at radius 3 is 2.93 bits per heavy atom. The van der Waals surface area contributed by atoms with Crippen molar-refractivity contribution in [2.45, 2.75) is 6.42 Å². The molecule has 2 nitrogen and oxygen atoms in total. The fraction of sp³-hybridized carbons (Fsp3) is 0.167. The lowest BCUT2D eigenvalue weighted by Crippen LogP contribution is -2.23. The molecule has 1 heterocycles. The second-order valence-electron chi connectivity index (χ2n) is 3.97. The summed E-state index contributed by atoms with van der Waals surface area (Å²) in [5.41, 5.74) is 0.489. The summed E-state index contributed by atoms with van der Waals surface area (Å²) in [5.74, 6) is 0. The van der Waals surface area contributed by atoms with Crippen molar-refractivity contribution >= 4 is 9.84 Å². The minimum atomic E-state index is -3.19. The van der Waals surface area contributed by atoms with E-state index >= 15 is 0 Å². The van der Waals surface area contributed by atoms with Crippen molar-refractivity contribution < 1.29 is 8.42 Å². The quantitative estimate of drug-likeness (QED) is 0.625. The smallest absolute Gasteiger partial charge is 0.197 e. The van der Waals surface area contributed by atoms with Gasteiger partial charge in [-0.25, -0.2) is 8.42 Å². The van der Waals surface area contributed by atoms with E-state index in [4.69, 9.17) is 0 Å². The number of hydrogen-bond acceptors (Lipinski definition) is 2. The van der Waals surface area contributed by atoms with Gasteiger partial charge in [0.05, 0.1) is 10.3 Å². The van der Waals surface area contributed by atoms with E-state index < -0.39 is 15.3 Å². The van der Waals surface area contributed by atoms with Crippen LogP contribution < -0.4 is 0 Å². The molecule has 1 atom stereocenters. The second kappa shape index (κ2) is 2.61. The predicted octanol–water partition coefficient (Wildman–Crippen LogP) is 2.25. The average molecular weight is 218 g/mol. The molecule has 0 amide bonds. The normalized spacial score (nSPS) is 34.4. The van der Waals surface area contributed by atoms with Crippen LogP contribution in [0.2, 0.25) is 0 Å². The third-order valence-corrected chi connectivity index (χ3v) is 4.81. The van der Waals surface area contributed by atoms with Crippen molar-refractivity contribution in [1.82, 2.24) is 0 Å². The highest BCUT2D eigenvalue weighted by Crippen LogP contribution is 2.52. The predicted molar refractivity (Wildman–Crippen MR) is 59.6 cm³/mol. The summed E-state index contributed by atoms with van der Waals surface area (Å²) in [4.78, 5) is 0.521. The molecule has 2 aliphatic carbocycles. The largest absolute Gasteiger partial charge is 0.219 e. The highest BCUT2D eigenvalue weighted by atomic mass is 32.2. The van der Waals surface area contributed by atoms with Gasteiger partial charge in [-0.15, -0.1) is 0 Å². The minimum absolute atomic E-state index is 0.400. The van der Waals surface area contributed by atoms with Gasteiger partial charge in [0.25, 0.3) is 0 Å². The van der Waals surface area contributed by atoms with Crippen LogP contribution in [0.1, 0.15) is 6.42 Å². The molecular weight excluding hydrogens is 208 g/mol. The molecule has 1 unspecified atom stereocenters. The number of rotatable bonds is 0. The van der Waals surface area contributed by atoms with Crippen LogP contribution in [-0.4, -0.2) is 8.42 Å². The van der Waals surface area contributed by atoms with Gasteiger partial charge in [-0.3, -0.25) is 0 Å². The summed E-state index contributed by atoms with van der Waals surface area (Å²) < 4.78 is 23.8. The highest BCUT2D eigenvalue weighted by Gasteiger charge is 2.46. The van der Waals surface area contributed by atoms with Crippen molar-refractivity contribution in [2.75, 3.05) is 0 Å².